The number of unbranched alkanes of at least 4 members (excludes halogenated alkanes) is 2. The summed E-state index contributed by atoms with van der Waals surface area (Å²) in [6.45, 7) is 6.84. The zero-order chi connectivity index (χ0) is 21.1. The quantitative estimate of drug-likeness (QED) is 0.240. The van der Waals surface area contributed by atoms with Crippen molar-refractivity contribution in [1.29, 1.82) is 0 Å². The fourth-order valence-corrected chi connectivity index (χ4v) is 2.64. The Kier molecular flexibility index (Phi) is 8.89. The Morgan fingerprint density at radius 2 is 1.86 bits per heavy atom. The highest BCUT2D eigenvalue weighted by Crippen LogP contribution is 2.29. The topological polar surface area (TPSA) is 80.0 Å². The summed E-state index contributed by atoms with van der Waals surface area (Å²) in [5.74, 6) is 1.37. The standard InChI is InChI=1S/C23H29NO5/c1-4-6-7-13-28-23(25)18-9-11-20(19(24)15-18)29-16-17-8-10-21(27-12-5-2)22(14-17)26-3/h5,8-11,14-15H,2,4,6-7,12-13,16,24H2,1,3H3. The number of nitrogen functional groups attached to an aromatic ring is 1. The molecule has 0 saturated carbocycles. The first-order valence-electron chi connectivity index (χ1n) is 9.69. The monoisotopic (exact) mass is 399 g/mol. The molecule has 0 aliphatic rings. The Bertz CT molecular complexity index is 819. The van der Waals surface area contributed by atoms with Gasteiger partial charge in [0.25, 0.3) is 0 Å². The van der Waals surface area contributed by atoms with Crippen molar-refractivity contribution in [1.82, 2.24) is 0 Å². The average Bonchev–Trinajstić information content (AvgIpc) is 2.74. The second-order valence-electron chi connectivity index (χ2n) is 6.47. The Labute approximate surface area is 172 Å². The average molecular weight is 399 g/mol. The molecule has 2 aromatic carbocycles. The first kappa shape index (κ1) is 22.1. The molecule has 0 aliphatic carbocycles. The Balaban J connectivity index is 1.97. The van der Waals surface area contributed by atoms with Gasteiger partial charge in [-0.1, -0.05) is 38.5 Å². The lowest BCUT2D eigenvalue weighted by Crippen LogP contribution is -2.08. The zero-order valence-electron chi connectivity index (χ0n) is 17.1. The SMILES string of the molecule is C=CCOc1ccc(COc2ccc(C(=O)OCCCCC)cc2N)cc1OC. The van der Waals surface area contributed by atoms with E-state index >= 15 is 0 Å². The number of esters is 1. The van der Waals surface area contributed by atoms with Crippen LogP contribution in [-0.2, 0) is 11.3 Å². The smallest absolute Gasteiger partial charge is 0.338 e. The molecule has 0 aliphatic heterocycles. The van der Waals surface area contributed by atoms with Crippen LogP contribution in [0.5, 0.6) is 17.2 Å². The first-order valence-corrected chi connectivity index (χ1v) is 9.69. The Hall–Kier alpha value is -3.15. The van der Waals surface area contributed by atoms with Crippen LogP contribution in [0.1, 0.15) is 42.1 Å². The number of nitrogens with two attached hydrogens (primary N) is 1. The van der Waals surface area contributed by atoms with Gasteiger partial charge in [-0.2, -0.15) is 0 Å². The molecule has 6 nitrogen and oxygen atoms in total. The van der Waals surface area contributed by atoms with E-state index in [2.05, 4.69) is 13.5 Å². The van der Waals surface area contributed by atoms with E-state index in [0.717, 1.165) is 24.8 Å². The fourth-order valence-electron chi connectivity index (χ4n) is 2.64. The third kappa shape index (κ3) is 6.75. The lowest BCUT2D eigenvalue weighted by Gasteiger charge is -2.13. The third-order valence-electron chi connectivity index (χ3n) is 4.21. The highest BCUT2D eigenvalue weighted by atomic mass is 16.5. The number of rotatable bonds is 12. The van der Waals surface area contributed by atoms with Crippen molar-refractivity contribution >= 4 is 11.7 Å². The largest absolute Gasteiger partial charge is 0.493 e. The number of methoxy groups -OCH3 is 1. The molecular formula is C23H29NO5. The van der Waals surface area contributed by atoms with Crippen LogP contribution in [0.3, 0.4) is 0 Å². The maximum Gasteiger partial charge on any atom is 0.338 e. The summed E-state index contributed by atoms with van der Waals surface area (Å²) in [4.78, 5) is 12.1. The number of hydrogen-bond donors (Lipinski definition) is 1. The number of anilines is 1. The molecule has 0 atom stereocenters. The van der Waals surface area contributed by atoms with Gasteiger partial charge >= 0.3 is 5.97 Å². The van der Waals surface area contributed by atoms with Crippen LogP contribution in [0, 0.1) is 0 Å². The summed E-state index contributed by atoms with van der Waals surface area (Å²) < 4.78 is 22.0. The first-order chi connectivity index (χ1) is 14.1. The summed E-state index contributed by atoms with van der Waals surface area (Å²) in [5.41, 5.74) is 7.74. The molecule has 2 N–H and O–H groups in total. The summed E-state index contributed by atoms with van der Waals surface area (Å²) in [5, 5.41) is 0. The van der Waals surface area contributed by atoms with Crippen LogP contribution in [0.4, 0.5) is 5.69 Å². The van der Waals surface area contributed by atoms with Crippen LogP contribution < -0.4 is 19.9 Å². The van der Waals surface area contributed by atoms with Crippen molar-refractivity contribution < 1.29 is 23.7 Å². The third-order valence-corrected chi connectivity index (χ3v) is 4.21. The minimum atomic E-state index is -0.376. The van der Waals surface area contributed by atoms with Gasteiger partial charge in [0, 0.05) is 0 Å². The highest BCUT2D eigenvalue weighted by molar-refractivity contribution is 5.91. The number of ether oxygens (including phenoxy) is 4. The predicted octanol–water partition coefficient (Wildman–Crippen LogP) is 4.77. The van der Waals surface area contributed by atoms with Gasteiger partial charge in [-0.15, -0.1) is 0 Å². The molecule has 0 aromatic heterocycles. The van der Waals surface area contributed by atoms with Gasteiger partial charge in [0.2, 0.25) is 0 Å². The molecule has 0 unspecified atom stereocenters. The van der Waals surface area contributed by atoms with Crippen molar-refractivity contribution in [3.8, 4) is 17.2 Å². The van der Waals surface area contributed by atoms with E-state index in [-0.39, 0.29) is 5.97 Å². The molecule has 0 fully saturated rings. The van der Waals surface area contributed by atoms with Crippen LogP contribution in [-0.4, -0.2) is 26.3 Å². The van der Waals surface area contributed by atoms with Crippen LogP contribution in [0.2, 0.25) is 0 Å². The zero-order valence-corrected chi connectivity index (χ0v) is 17.1. The fraction of sp³-hybridized carbons (Fsp3) is 0.348. The summed E-state index contributed by atoms with van der Waals surface area (Å²) in [6, 6.07) is 10.5. The second kappa shape index (κ2) is 11.6. The molecule has 2 aromatic rings. The normalized spacial score (nSPS) is 10.3. The molecular weight excluding hydrogens is 370 g/mol. The molecule has 29 heavy (non-hydrogen) atoms. The lowest BCUT2D eigenvalue weighted by atomic mass is 10.2. The molecule has 0 amide bonds. The molecule has 2 rings (SSSR count). The van der Waals surface area contributed by atoms with Gasteiger partial charge < -0.3 is 24.7 Å². The van der Waals surface area contributed by atoms with E-state index < -0.39 is 0 Å². The predicted molar refractivity (Wildman–Crippen MR) is 114 cm³/mol. The number of benzene rings is 2. The van der Waals surface area contributed by atoms with E-state index in [4.69, 9.17) is 24.7 Å². The summed E-state index contributed by atoms with van der Waals surface area (Å²) in [6.07, 6.45) is 4.64. The number of carbonyl (C=O) groups excluding carboxylic acids is 1. The summed E-state index contributed by atoms with van der Waals surface area (Å²) >= 11 is 0. The Morgan fingerprint density at radius 3 is 2.55 bits per heavy atom. The maximum absolute atomic E-state index is 12.1. The van der Waals surface area contributed by atoms with Gasteiger partial charge in [-0.05, 0) is 42.3 Å². The van der Waals surface area contributed by atoms with Gasteiger partial charge in [-0.25, -0.2) is 4.79 Å². The molecule has 0 heterocycles. The van der Waals surface area contributed by atoms with Gasteiger partial charge in [-0.3, -0.25) is 0 Å². The van der Waals surface area contributed by atoms with Crippen molar-refractivity contribution in [3.63, 3.8) is 0 Å². The van der Waals surface area contributed by atoms with E-state index in [1.54, 1.807) is 31.4 Å². The maximum atomic E-state index is 12.1. The van der Waals surface area contributed by atoms with Crippen LogP contribution >= 0.6 is 0 Å². The van der Waals surface area contributed by atoms with Crippen molar-refractivity contribution in [2.24, 2.45) is 0 Å². The number of carbonyl (C=O) groups is 1. The van der Waals surface area contributed by atoms with E-state index in [1.807, 2.05) is 18.2 Å². The molecule has 0 radical (unpaired) electrons. The summed E-state index contributed by atoms with van der Waals surface area (Å²) in [7, 11) is 1.58. The lowest BCUT2D eigenvalue weighted by molar-refractivity contribution is 0.0498. The van der Waals surface area contributed by atoms with Gasteiger partial charge in [0.15, 0.2) is 11.5 Å². The van der Waals surface area contributed by atoms with E-state index in [1.165, 1.54) is 0 Å². The van der Waals surface area contributed by atoms with Crippen LogP contribution in [0.25, 0.3) is 0 Å². The van der Waals surface area contributed by atoms with Crippen molar-refractivity contribution in [2.75, 3.05) is 26.1 Å². The van der Waals surface area contributed by atoms with Crippen LogP contribution in [0.15, 0.2) is 49.1 Å². The molecule has 0 saturated heterocycles. The molecule has 0 spiro atoms. The number of hydrogen-bond acceptors (Lipinski definition) is 6. The molecule has 156 valence electrons. The van der Waals surface area contributed by atoms with Crippen molar-refractivity contribution in [2.45, 2.75) is 32.8 Å². The van der Waals surface area contributed by atoms with Gasteiger partial charge in [0.05, 0.1) is 25.0 Å². The van der Waals surface area contributed by atoms with Crippen molar-refractivity contribution in [3.05, 3.63) is 60.2 Å². The molecule has 0 bridgehead atoms. The minimum absolute atomic E-state index is 0.295. The van der Waals surface area contributed by atoms with E-state index in [0.29, 0.717) is 48.3 Å². The molecule has 6 heteroatoms. The van der Waals surface area contributed by atoms with Gasteiger partial charge in [0.1, 0.15) is 19.0 Å². The second-order valence-corrected chi connectivity index (χ2v) is 6.47. The van der Waals surface area contributed by atoms with E-state index in [9.17, 15) is 4.79 Å². The Morgan fingerprint density at radius 1 is 1.07 bits per heavy atom. The minimum Gasteiger partial charge on any atom is -0.493 e. The highest BCUT2D eigenvalue weighted by Gasteiger charge is 2.11.